The number of nitrogens with zero attached hydrogens (tertiary/aromatic N) is 1. The first kappa shape index (κ1) is 13.7. The van der Waals surface area contributed by atoms with Crippen molar-refractivity contribution in [3.63, 3.8) is 0 Å². The number of halogens is 2. The van der Waals surface area contributed by atoms with Gasteiger partial charge in [-0.25, -0.2) is 0 Å². The van der Waals surface area contributed by atoms with Crippen LogP contribution in [0.1, 0.15) is 11.1 Å². The van der Waals surface area contributed by atoms with Crippen LogP contribution in [0.2, 0.25) is 5.02 Å². The van der Waals surface area contributed by atoms with Gasteiger partial charge in [-0.1, -0.05) is 17.7 Å². The molecule has 96 valence electrons. The molecule has 0 saturated carbocycles. The number of benzene rings is 2. The smallest absolute Gasteiger partial charge is 0.129 e. The van der Waals surface area contributed by atoms with Crippen LogP contribution in [0.4, 0.5) is 5.69 Å². The molecule has 0 fully saturated rings. The van der Waals surface area contributed by atoms with Crippen LogP contribution in [0.15, 0.2) is 40.9 Å². The Bertz CT molecular complexity index is 652. The van der Waals surface area contributed by atoms with E-state index in [2.05, 4.69) is 21.2 Å². The number of anilines is 1. The minimum Gasteiger partial charge on any atom is -0.507 e. The van der Waals surface area contributed by atoms with E-state index in [0.29, 0.717) is 21.6 Å². The van der Waals surface area contributed by atoms with Crippen molar-refractivity contribution >= 4 is 33.2 Å². The number of hydrogen-bond acceptors (Lipinski definition) is 3. The van der Waals surface area contributed by atoms with Crippen molar-refractivity contribution in [2.24, 2.45) is 0 Å². The van der Waals surface area contributed by atoms with Crippen molar-refractivity contribution in [2.45, 2.75) is 6.54 Å². The van der Waals surface area contributed by atoms with Crippen LogP contribution < -0.4 is 5.32 Å². The highest BCUT2D eigenvalue weighted by Crippen LogP contribution is 2.26. The van der Waals surface area contributed by atoms with E-state index < -0.39 is 0 Å². The van der Waals surface area contributed by atoms with Gasteiger partial charge in [-0.3, -0.25) is 0 Å². The minimum atomic E-state index is 0.208. The summed E-state index contributed by atoms with van der Waals surface area (Å²) in [5, 5.41) is 21.9. The van der Waals surface area contributed by atoms with Gasteiger partial charge < -0.3 is 10.4 Å². The normalized spacial score (nSPS) is 9.95. The molecule has 2 N–H and O–H groups in total. The molecule has 2 aromatic rings. The summed E-state index contributed by atoms with van der Waals surface area (Å²) < 4.78 is 0.651. The number of nitriles is 1. The van der Waals surface area contributed by atoms with Gasteiger partial charge >= 0.3 is 0 Å². The molecule has 5 heteroatoms. The van der Waals surface area contributed by atoms with E-state index in [9.17, 15) is 5.11 Å². The summed E-state index contributed by atoms with van der Waals surface area (Å²) in [6.07, 6.45) is 0. The molecule has 2 rings (SSSR count). The Labute approximate surface area is 124 Å². The van der Waals surface area contributed by atoms with Crippen LogP contribution in [0, 0.1) is 11.3 Å². The summed E-state index contributed by atoms with van der Waals surface area (Å²) in [6, 6.07) is 12.4. The number of hydrogen-bond donors (Lipinski definition) is 2. The molecule has 0 aliphatic heterocycles. The molecule has 0 aliphatic carbocycles. The second-order valence-electron chi connectivity index (χ2n) is 3.95. The zero-order chi connectivity index (χ0) is 13.8. The quantitative estimate of drug-likeness (QED) is 0.878. The molecule has 0 atom stereocenters. The zero-order valence-electron chi connectivity index (χ0n) is 9.82. The summed E-state index contributed by atoms with van der Waals surface area (Å²) in [6.45, 7) is 0.574. The SMILES string of the molecule is N#Cc1ccc(NCc2ccc(O)c(Br)c2)c(Cl)c1. The molecule has 0 aliphatic rings. The molecule has 0 aromatic heterocycles. The lowest BCUT2D eigenvalue weighted by molar-refractivity contribution is 0.471. The largest absolute Gasteiger partial charge is 0.507 e. The molecule has 3 nitrogen and oxygen atoms in total. The highest BCUT2D eigenvalue weighted by molar-refractivity contribution is 9.10. The lowest BCUT2D eigenvalue weighted by atomic mass is 10.2. The molecular formula is C14H10BrClN2O. The summed E-state index contributed by atoms with van der Waals surface area (Å²) >= 11 is 9.33. The molecule has 19 heavy (non-hydrogen) atoms. The standard InChI is InChI=1S/C14H10BrClN2O/c15-11-5-10(2-4-14(11)19)8-18-13-3-1-9(7-17)6-12(13)16/h1-6,18-19H,8H2. The minimum absolute atomic E-state index is 0.208. The Morgan fingerprint density at radius 1 is 1.26 bits per heavy atom. The summed E-state index contributed by atoms with van der Waals surface area (Å²) in [5.41, 5.74) is 2.30. The predicted octanol–water partition coefficient (Wildman–Crippen LogP) is 4.29. The lowest BCUT2D eigenvalue weighted by Gasteiger charge is -2.09. The van der Waals surface area contributed by atoms with Gasteiger partial charge in [0.1, 0.15) is 5.75 Å². The number of phenolic OH excluding ortho intramolecular Hbond substituents is 1. The van der Waals surface area contributed by atoms with Crippen LogP contribution in [0.5, 0.6) is 5.75 Å². The Hall–Kier alpha value is -1.70. The van der Waals surface area contributed by atoms with Gasteiger partial charge in [-0.2, -0.15) is 5.26 Å². The number of aromatic hydroxyl groups is 1. The first-order chi connectivity index (χ1) is 9.10. The average Bonchev–Trinajstić information content (AvgIpc) is 2.41. The zero-order valence-corrected chi connectivity index (χ0v) is 12.2. The molecular weight excluding hydrogens is 328 g/mol. The van der Waals surface area contributed by atoms with Crippen molar-refractivity contribution in [3.05, 3.63) is 57.0 Å². The third-order valence-electron chi connectivity index (χ3n) is 2.59. The maximum atomic E-state index is 9.41. The Morgan fingerprint density at radius 3 is 2.68 bits per heavy atom. The van der Waals surface area contributed by atoms with Crippen LogP contribution in [0.3, 0.4) is 0 Å². The first-order valence-corrected chi connectivity index (χ1v) is 6.68. The summed E-state index contributed by atoms with van der Waals surface area (Å²) in [7, 11) is 0. The van der Waals surface area contributed by atoms with Crippen molar-refractivity contribution in [1.29, 1.82) is 5.26 Å². The molecule has 0 spiro atoms. The molecule has 0 bridgehead atoms. The van der Waals surface area contributed by atoms with E-state index in [1.165, 1.54) is 0 Å². The fourth-order valence-electron chi connectivity index (χ4n) is 1.59. The van der Waals surface area contributed by atoms with Crippen LogP contribution in [-0.2, 0) is 6.54 Å². The van der Waals surface area contributed by atoms with E-state index in [0.717, 1.165) is 11.3 Å². The van der Waals surface area contributed by atoms with Crippen LogP contribution in [0.25, 0.3) is 0 Å². The van der Waals surface area contributed by atoms with E-state index >= 15 is 0 Å². The Balaban J connectivity index is 2.10. The van der Waals surface area contributed by atoms with Crippen molar-refractivity contribution < 1.29 is 5.11 Å². The second kappa shape index (κ2) is 5.96. The second-order valence-corrected chi connectivity index (χ2v) is 5.21. The fourth-order valence-corrected chi connectivity index (χ4v) is 2.26. The summed E-state index contributed by atoms with van der Waals surface area (Å²) in [5.74, 6) is 0.208. The molecule has 0 saturated heterocycles. The molecule has 0 unspecified atom stereocenters. The molecule has 0 amide bonds. The van der Waals surface area contributed by atoms with E-state index in [-0.39, 0.29) is 5.75 Å². The van der Waals surface area contributed by atoms with Gasteiger partial charge in [0, 0.05) is 6.54 Å². The third kappa shape index (κ3) is 3.40. The monoisotopic (exact) mass is 336 g/mol. The van der Waals surface area contributed by atoms with E-state index in [4.69, 9.17) is 16.9 Å². The van der Waals surface area contributed by atoms with Gasteiger partial charge in [0.05, 0.1) is 26.8 Å². The maximum Gasteiger partial charge on any atom is 0.129 e. The first-order valence-electron chi connectivity index (χ1n) is 5.51. The summed E-state index contributed by atoms with van der Waals surface area (Å²) in [4.78, 5) is 0. The highest BCUT2D eigenvalue weighted by Gasteiger charge is 2.03. The van der Waals surface area contributed by atoms with E-state index in [1.807, 2.05) is 18.2 Å². The maximum absolute atomic E-state index is 9.41. The van der Waals surface area contributed by atoms with Gasteiger partial charge in [0.25, 0.3) is 0 Å². The average molecular weight is 338 g/mol. The van der Waals surface area contributed by atoms with Crippen LogP contribution >= 0.6 is 27.5 Å². The van der Waals surface area contributed by atoms with Gasteiger partial charge in [0.2, 0.25) is 0 Å². The fraction of sp³-hybridized carbons (Fsp3) is 0.0714. The Morgan fingerprint density at radius 2 is 2.05 bits per heavy atom. The van der Waals surface area contributed by atoms with Crippen LogP contribution in [-0.4, -0.2) is 5.11 Å². The van der Waals surface area contributed by atoms with Crippen molar-refractivity contribution in [1.82, 2.24) is 0 Å². The number of phenols is 1. The molecule has 0 radical (unpaired) electrons. The van der Waals surface area contributed by atoms with Crippen molar-refractivity contribution in [3.8, 4) is 11.8 Å². The van der Waals surface area contributed by atoms with Gasteiger partial charge in [0.15, 0.2) is 0 Å². The van der Waals surface area contributed by atoms with Gasteiger partial charge in [-0.15, -0.1) is 0 Å². The van der Waals surface area contributed by atoms with E-state index in [1.54, 1.807) is 24.3 Å². The highest BCUT2D eigenvalue weighted by atomic mass is 79.9. The number of nitrogens with one attached hydrogen (secondary N) is 1. The van der Waals surface area contributed by atoms with Crippen molar-refractivity contribution in [2.75, 3.05) is 5.32 Å². The number of rotatable bonds is 3. The molecule has 0 heterocycles. The van der Waals surface area contributed by atoms with Gasteiger partial charge in [-0.05, 0) is 51.8 Å². The Kier molecular flexibility index (Phi) is 4.31. The lowest BCUT2D eigenvalue weighted by Crippen LogP contribution is -2.00. The topological polar surface area (TPSA) is 56.0 Å². The third-order valence-corrected chi connectivity index (χ3v) is 3.54. The predicted molar refractivity (Wildman–Crippen MR) is 79.3 cm³/mol. The molecule has 2 aromatic carbocycles.